The average molecular weight is 486 g/mol. The molecular weight excluding hydrogens is 462 g/mol. The number of nitrogens with zero attached hydrogens (tertiary/aromatic N) is 2. The number of allylic oxidation sites excluding steroid dienone is 3. The third kappa shape index (κ3) is 3.83. The molecule has 1 aliphatic carbocycles. The van der Waals surface area contributed by atoms with E-state index in [4.69, 9.17) is 17.3 Å². The van der Waals surface area contributed by atoms with Crippen LogP contribution in [0, 0.1) is 11.3 Å². The van der Waals surface area contributed by atoms with Crippen LogP contribution in [0.25, 0.3) is 0 Å². The first-order valence-corrected chi connectivity index (χ1v) is 12.6. The van der Waals surface area contributed by atoms with Crippen LogP contribution < -0.4 is 10.6 Å². The maximum Gasteiger partial charge on any atom is 0.162 e. The highest BCUT2D eigenvalue weighted by atomic mass is 35.5. The Morgan fingerprint density at radius 2 is 1.91 bits per heavy atom. The minimum atomic E-state index is -0.440. The average Bonchev–Trinajstić information content (AvgIpc) is 3.32. The van der Waals surface area contributed by atoms with E-state index in [9.17, 15) is 10.1 Å². The fourth-order valence-corrected chi connectivity index (χ4v) is 6.28. The largest absolute Gasteiger partial charge is 0.384 e. The van der Waals surface area contributed by atoms with E-state index in [-0.39, 0.29) is 11.7 Å². The van der Waals surface area contributed by atoms with Crippen molar-refractivity contribution in [1.82, 2.24) is 0 Å². The van der Waals surface area contributed by atoms with Crippen LogP contribution in [0.3, 0.4) is 0 Å². The molecule has 4 nitrogen and oxygen atoms in total. The number of Topliss-reactive ketones (excluding diaryl/α,β-unsaturated/α-hetero) is 1. The molecule has 2 N–H and O–H groups in total. The highest BCUT2D eigenvalue weighted by Crippen LogP contribution is 2.50. The van der Waals surface area contributed by atoms with Crippen LogP contribution in [-0.2, 0) is 11.2 Å². The van der Waals surface area contributed by atoms with Gasteiger partial charge in [-0.15, -0.1) is 11.3 Å². The molecule has 0 bridgehead atoms. The van der Waals surface area contributed by atoms with E-state index in [1.807, 2.05) is 47.4 Å². The number of aryl methyl sites for hydroxylation is 1. The summed E-state index contributed by atoms with van der Waals surface area (Å²) >= 11 is 7.97. The van der Waals surface area contributed by atoms with Crippen LogP contribution in [0.2, 0.25) is 5.02 Å². The van der Waals surface area contributed by atoms with Gasteiger partial charge in [0.25, 0.3) is 0 Å². The van der Waals surface area contributed by atoms with E-state index in [0.29, 0.717) is 34.8 Å². The summed E-state index contributed by atoms with van der Waals surface area (Å²) < 4.78 is 0. The van der Waals surface area contributed by atoms with Crippen molar-refractivity contribution >= 4 is 34.4 Å². The molecule has 5 rings (SSSR count). The number of carbonyl (C=O) groups excluding carboxylic acids is 1. The number of nitriles is 1. The molecule has 3 aromatic rings. The maximum absolute atomic E-state index is 13.8. The lowest BCUT2D eigenvalue weighted by atomic mass is 9.73. The third-order valence-electron chi connectivity index (χ3n) is 6.62. The normalized spacial score (nSPS) is 20.4. The molecule has 0 saturated heterocycles. The molecule has 0 radical (unpaired) electrons. The summed E-state index contributed by atoms with van der Waals surface area (Å²) in [5.41, 5.74) is 10.6. The van der Waals surface area contributed by atoms with Gasteiger partial charge in [-0.3, -0.25) is 9.69 Å². The van der Waals surface area contributed by atoms with Crippen LogP contribution in [0.5, 0.6) is 0 Å². The molecule has 0 fully saturated rings. The van der Waals surface area contributed by atoms with E-state index in [1.54, 1.807) is 17.4 Å². The number of halogens is 1. The van der Waals surface area contributed by atoms with E-state index in [0.717, 1.165) is 28.2 Å². The fourth-order valence-electron chi connectivity index (χ4n) is 5.02. The number of carbonyl (C=O) groups is 1. The summed E-state index contributed by atoms with van der Waals surface area (Å²) in [5, 5.41) is 10.8. The number of rotatable bonds is 4. The fraction of sp³-hybridized carbons (Fsp3) is 0.214. The van der Waals surface area contributed by atoms with Gasteiger partial charge in [-0.1, -0.05) is 54.9 Å². The standard InChI is InChI=1S/C28H24ClN3OS/c1-2-21-11-12-25(34-21)26-22(16-30)28(31)32(20-10-6-9-19(29)15-20)23-13-18(14-24(33)27(23)26)17-7-4-3-5-8-17/h3-12,15,18,26H,2,13-14,31H2,1H3/t18-,26-/m0/s1. The second kappa shape index (κ2) is 9.13. The monoisotopic (exact) mass is 485 g/mol. The molecular formula is C28H24ClN3OS. The van der Waals surface area contributed by atoms with Gasteiger partial charge in [-0.2, -0.15) is 5.26 Å². The summed E-state index contributed by atoms with van der Waals surface area (Å²) in [6, 6.07) is 24.0. The Morgan fingerprint density at radius 1 is 1.12 bits per heavy atom. The molecule has 1 aliphatic heterocycles. The van der Waals surface area contributed by atoms with Gasteiger partial charge in [-0.25, -0.2) is 0 Å². The van der Waals surface area contributed by atoms with Crippen molar-refractivity contribution in [2.45, 2.75) is 38.0 Å². The Kier molecular flexibility index (Phi) is 6.03. The van der Waals surface area contributed by atoms with Crippen LogP contribution in [0.4, 0.5) is 5.69 Å². The number of hydrogen-bond acceptors (Lipinski definition) is 5. The van der Waals surface area contributed by atoms with Crippen molar-refractivity contribution in [3.05, 3.63) is 110 Å². The zero-order chi connectivity index (χ0) is 23.8. The lowest BCUT2D eigenvalue weighted by Gasteiger charge is -2.41. The molecule has 170 valence electrons. The predicted molar refractivity (Wildman–Crippen MR) is 138 cm³/mol. The Labute approximate surface area is 208 Å². The zero-order valence-corrected chi connectivity index (χ0v) is 20.4. The Balaban J connectivity index is 1.72. The van der Waals surface area contributed by atoms with E-state index >= 15 is 0 Å². The van der Waals surface area contributed by atoms with Gasteiger partial charge in [0.15, 0.2) is 5.78 Å². The first kappa shape index (κ1) is 22.5. The molecule has 0 spiro atoms. The van der Waals surface area contributed by atoms with Gasteiger partial charge in [0.05, 0.1) is 17.6 Å². The lowest BCUT2D eigenvalue weighted by molar-refractivity contribution is -0.116. The van der Waals surface area contributed by atoms with E-state index < -0.39 is 5.92 Å². The summed E-state index contributed by atoms with van der Waals surface area (Å²) in [4.78, 5) is 17.9. The number of thiophene rings is 1. The maximum atomic E-state index is 13.8. The second-order valence-corrected chi connectivity index (χ2v) is 10.3. The first-order chi connectivity index (χ1) is 16.5. The van der Waals surface area contributed by atoms with Crippen LogP contribution in [0.15, 0.2) is 89.4 Å². The van der Waals surface area contributed by atoms with Gasteiger partial charge < -0.3 is 5.73 Å². The smallest absolute Gasteiger partial charge is 0.162 e. The van der Waals surface area contributed by atoms with Gasteiger partial charge in [0, 0.05) is 38.2 Å². The second-order valence-electron chi connectivity index (χ2n) is 8.62. The molecule has 1 aromatic heterocycles. The number of anilines is 1. The molecule has 6 heteroatoms. The summed E-state index contributed by atoms with van der Waals surface area (Å²) in [5.74, 6) is 0.0334. The molecule has 0 saturated carbocycles. The topological polar surface area (TPSA) is 70.1 Å². The van der Waals surface area contributed by atoms with Gasteiger partial charge in [0.1, 0.15) is 5.82 Å². The minimum Gasteiger partial charge on any atom is -0.384 e. The van der Waals surface area contributed by atoms with Crippen molar-refractivity contribution < 1.29 is 4.79 Å². The third-order valence-corrected chi connectivity index (χ3v) is 8.15. The zero-order valence-electron chi connectivity index (χ0n) is 18.8. The SMILES string of the molecule is CCc1ccc([C@@H]2C(C#N)=C(N)N(c3cccc(Cl)c3)C3=C2C(=O)C[C@@H](c2ccccc2)C3)s1. The van der Waals surface area contributed by atoms with Gasteiger partial charge in [-0.05, 0) is 54.7 Å². The molecule has 2 atom stereocenters. The Bertz CT molecular complexity index is 1370. The number of ketones is 1. The van der Waals surface area contributed by atoms with Crippen LogP contribution in [0.1, 0.15) is 46.9 Å². The minimum absolute atomic E-state index is 0.0424. The van der Waals surface area contributed by atoms with Crippen molar-refractivity contribution in [3.8, 4) is 6.07 Å². The molecule has 2 heterocycles. The molecule has 0 amide bonds. The van der Waals surface area contributed by atoms with Crippen molar-refractivity contribution in [2.75, 3.05) is 4.90 Å². The Morgan fingerprint density at radius 3 is 2.59 bits per heavy atom. The van der Waals surface area contributed by atoms with Crippen molar-refractivity contribution in [3.63, 3.8) is 0 Å². The highest BCUT2D eigenvalue weighted by Gasteiger charge is 2.43. The van der Waals surface area contributed by atoms with Gasteiger partial charge in [0.2, 0.25) is 0 Å². The highest BCUT2D eigenvalue weighted by molar-refractivity contribution is 7.12. The summed E-state index contributed by atoms with van der Waals surface area (Å²) in [6.45, 7) is 2.10. The van der Waals surface area contributed by atoms with E-state index in [1.165, 1.54) is 4.88 Å². The van der Waals surface area contributed by atoms with Gasteiger partial charge >= 0.3 is 0 Å². The predicted octanol–water partition coefficient (Wildman–Crippen LogP) is 6.66. The number of nitrogens with two attached hydrogens (primary N) is 1. The summed E-state index contributed by atoms with van der Waals surface area (Å²) in [6.07, 6.45) is 1.97. The van der Waals surface area contributed by atoms with Crippen molar-refractivity contribution in [1.29, 1.82) is 5.26 Å². The Hall–Kier alpha value is -3.33. The lowest BCUT2D eigenvalue weighted by Crippen LogP contribution is -2.39. The molecule has 2 aromatic carbocycles. The number of hydrogen-bond donors (Lipinski definition) is 1. The quantitative estimate of drug-likeness (QED) is 0.448. The summed E-state index contributed by atoms with van der Waals surface area (Å²) in [7, 11) is 0. The molecule has 2 aliphatic rings. The molecule has 0 unspecified atom stereocenters. The van der Waals surface area contributed by atoms with E-state index in [2.05, 4.69) is 31.2 Å². The molecule has 34 heavy (non-hydrogen) atoms. The first-order valence-electron chi connectivity index (χ1n) is 11.4. The van der Waals surface area contributed by atoms with Crippen molar-refractivity contribution in [2.24, 2.45) is 5.73 Å². The van der Waals surface area contributed by atoms with Crippen LogP contribution in [-0.4, -0.2) is 5.78 Å². The number of benzene rings is 2. The van der Waals surface area contributed by atoms with Crippen LogP contribution >= 0.6 is 22.9 Å².